The largest absolute Gasteiger partial charge is 0.493 e. The van der Waals surface area contributed by atoms with E-state index < -0.39 is 21.4 Å². The highest BCUT2D eigenvalue weighted by molar-refractivity contribution is 7.90. The van der Waals surface area contributed by atoms with Gasteiger partial charge in [0, 0.05) is 61.4 Å². The molecule has 0 radical (unpaired) electrons. The van der Waals surface area contributed by atoms with Gasteiger partial charge in [-0.25, -0.2) is 22.5 Å². The van der Waals surface area contributed by atoms with Crippen molar-refractivity contribution in [1.82, 2.24) is 18.7 Å². The van der Waals surface area contributed by atoms with Crippen molar-refractivity contribution >= 4 is 50.1 Å². The number of amides is 1. The minimum Gasteiger partial charge on any atom is -0.493 e. The first-order valence-electron chi connectivity index (χ1n) is 15.7. The quantitative estimate of drug-likeness (QED) is 0.230. The van der Waals surface area contributed by atoms with Crippen molar-refractivity contribution in [2.45, 2.75) is 45.1 Å². The van der Waals surface area contributed by atoms with Crippen molar-refractivity contribution < 1.29 is 37.1 Å². The van der Waals surface area contributed by atoms with Crippen molar-refractivity contribution in [3.05, 3.63) is 69.2 Å². The van der Waals surface area contributed by atoms with Gasteiger partial charge in [0.2, 0.25) is 10.7 Å². The number of halogens is 1. The highest BCUT2D eigenvalue weighted by Gasteiger charge is 2.32. The third kappa shape index (κ3) is 6.88. The van der Waals surface area contributed by atoms with Crippen LogP contribution in [-0.2, 0) is 39.5 Å². The van der Waals surface area contributed by atoms with Gasteiger partial charge in [-0.2, -0.15) is 9.47 Å². The fourth-order valence-electron chi connectivity index (χ4n) is 6.06. The molecule has 0 aliphatic carbocycles. The number of terminal acetylenes is 1. The summed E-state index contributed by atoms with van der Waals surface area (Å²) in [4.78, 5) is 36.5. The molecular weight excluding hydrogens is 702 g/mol. The summed E-state index contributed by atoms with van der Waals surface area (Å²) in [6.45, 7) is 7.07. The molecule has 3 aliphatic rings. The number of benzene rings is 2. The van der Waals surface area contributed by atoms with Gasteiger partial charge < -0.3 is 19.2 Å². The Morgan fingerprint density at radius 2 is 2.02 bits per heavy atom. The van der Waals surface area contributed by atoms with Crippen LogP contribution in [0, 0.1) is 30.5 Å². The first-order chi connectivity index (χ1) is 24.1. The maximum absolute atomic E-state index is 14.5. The number of nitrogens with zero attached hydrogens (tertiary/aromatic N) is 7. The second-order valence-electron chi connectivity index (χ2n) is 13.0. The van der Waals surface area contributed by atoms with Gasteiger partial charge in [0.1, 0.15) is 29.4 Å². The number of anilines is 1. The molecule has 2 aromatic carbocycles. The third-order valence-corrected chi connectivity index (χ3v) is 10.5. The van der Waals surface area contributed by atoms with E-state index in [1.165, 1.54) is 58.6 Å². The van der Waals surface area contributed by atoms with Crippen LogP contribution in [0.3, 0.4) is 0 Å². The van der Waals surface area contributed by atoms with E-state index in [1.807, 2.05) is 4.57 Å². The van der Waals surface area contributed by atoms with Crippen LogP contribution in [0.1, 0.15) is 53.1 Å². The normalized spacial score (nSPS) is 16.3. The molecule has 7 rings (SSSR count). The van der Waals surface area contributed by atoms with Gasteiger partial charge >= 0.3 is 0 Å². The number of rotatable bonds is 6. The third-order valence-electron chi connectivity index (χ3n) is 8.55. The Hall–Kier alpha value is -5.34. The molecule has 1 amide bonds. The van der Waals surface area contributed by atoms with Crippen molar-refractivity contribution in [3.8, 4) is 24.0 Å². The van der Waals surface area contributed by atoms with Crippen LogP contribution in [-0.4, -0.2) is 75.7 Å². The van der Waals surface area contributed by atoms with E-state index in [0.717, 1.165) is 25.0 Å². The van der Waals surface area contributed by atoms with Crippen LogP contribution in [0.4, 0.5) is 15.8 Å². The Morgan fingerprint density at radius 1 is 1.25 bits per heavy atom. The summed E-state index contributed by atoms with van der Waals surface area (Å²) >= 11 is 1.24. The van der Waals surface area contributed by atoms with Crippen molar-refractivity contribution in [1.29, 1.82) is 0 Å². The van der Waals surface area contributed by atoms with Gasteiger partial charge in [-0.15, -0.1) is 6.42 Å². The minimum atomic E-state index is -3.52. The van der Waals surface area contributed by atoms with E-state index in [1.54, 1.807) is 6.92 Å². The van der Waals surface area contributed by atoms with E-state index in [9.17, 15) is 27.5 Å². The van der Waals surface area contributed by atoms with Gasteiger partial charge in [-0.3, -0.25) is 14.5 Å². The van der Waals surface area contributed by atoms with Crippen LogP contribution < -0.4 is 14.4 Å². The molecule has 0 bridgehead atoms. The van der Waals surface area contributed by atoms with Gasteiger partial charge in [0.15, 0.2) is 28.0 Å². The van der Waals surface area contributed by atoms with E-state index in [0.29, 0.717) is 46.1 Å². The molecule has 266 valence electrons. The molecule has 0 saturated heterocycles. The van der Waals surface area contributed by atoms with Crippen LogP contribution in [0.25, 0.3) is 0 Å². The predicted octanol–water partition coefficient (Wildman–Crippen LogP) is 3.45. The lowest BCUT2D eigenvalue weighted by molar-refractivity contribution is -0.121. The van der Waals surface area contributed by atoms with Crippen LogP contribution in [0.15, 0.2) is 45.5 Å². The number of aryl methyl sites for hydroxylation is 1. The summed E-state index contributed by atoms with van der Waals surface area (Å²) in [7, 11) is -2.00. The number of aromatic hydroxyl groups is 1. The van der Waals surface area contributed by atoms with Gasteiger partial charge in [0.05, 0.1) is 29.0 Å². The summed E-state index contributed by atoms with van der Waals surface area (Å²) in [5.74, 6) is 2.23. The molecule has 51 heavy (non-hydrogen) atoms. The van der Waals surface area contributed by atoms with E-state index >= 15 is 0 Å². The molecule has 0 spiro atoms. The average molecular weight is 736 g/mol. The van der Waals surface area contributed by atoms with Crippen molar-refractivity contribution in [2.24, 2.45) is 22.6 Å². The summed E-state index contributed by atoms with van der Waals surface area (Å²) in [6.07, 6.45) is 9.06. The second-order valence-corrected chi connectivity index (χ2v) is 15.7. The molecule has 14 nitrogen and oxygen atoms in total. The highest BCUT2D eigenvalue weighted by atomic mass is 32.2. The molecular formula is C34H34FN7O7S2. The molecule has 0 fully saturated rings. The topological polar surface area (TPSA) is 171 Å². The number of hydrogen-bond acceptors (Lipinski definition) is 12. The Morgan fingerprint density at radius 3 is 2.67 bits per heavy atom. The zero-order chi connectivity index (χ0) is 36.8. The van der Waals surface area contributed by atoms with Crippen molar-refractivity contribution in [3.63, 3.8) is 0 Å². The molecule has 0 saturated carbocycles. The van der Waals surface area contributed by atoms with Gasteiger partial charge in [-0.1, -0.05) is 24.9 Å². The van der Waals surface area contributed by atoms with Gasteiger partial charge in [0.25, 0.3) is 5.91 Å². The molecule has 0 atom stereocenters. The summed E-state index contributed by atoms with van der Waals surface area (Å²) in [5, 5.41) is 17.7. The maximum Gasteiger partial charge on any atom is 0.265 e. The number of hydrogen-bond donors (Lipinski definition) is 1. The summed E-state index contributed by atoms with van der Waals surface area (Å²) < 4.78 is 51.8. The van der Waals surface area contributed by atoms with Crippen LogP contribution in [0.5, 0.6) is 11.6 Å². The maximum atomic E-state index is 14.5. The Balaban J connectivity index is 0.000000176. The van der Waals surface area contributed by atoms with Crippen molar-refractivity contribution in [2.75, 3.05) is 30.9 Å². The molecule has 4 aromatic rings. The number of carbonyl (C=O) groups is 2. The minimum absolute atomic E-state index is 0.0493. The van der Waals surface area contributed by atoms with E-state index in [4.69, 9.17) is 16.0 Å². The number of carbonyl (C=O) groups excluding carboxylic acids is 2. The summed E-state index contributed by atoms with van der Waals surface area (Å²) in [6, 6.07) is 5.59. The summed E-state index contributed by atoms with van der Waals surface area (Å²) in [5.41, 5.74) is 2.35. The molecule has 5 heterocycles. The Kier molecular flexibility index (Phi) is 9.33. The SMILES string of the molecule is C#CCN1C(=O)COc2cc(F)c(/N=c3\snc4n3CC(C)(C)C4)cc21.Cc1c(C(=O)c2cnn(C)c2O)ccc(S(C)(=O)=O)c1C1=NOCC1. The molecule has 17 heteroatoms. The lowest BCUT2D eigenvalue weighted by atomic mass is 9.92. The standard InChI is InChI=1S/C18H17FN4O2S.C16H17N3O5S/c1-4-5-22-13-7-12(11(19)6-14(13)25-9-16(22)24)20-17-23-10-18(2,3)8-15(23)21-26-17;1-9-10(15(20)11-8-17-19(2)16(11)21)4-5-13(25(3,22)23)14(9)12-6-7-24-18-12/h1,6-7H,5,8-10H2,2-3H3;4-5,8,21H,6-7H2,1-3H3/b20-17-;. The molecule has 1 N–H and O–H groups in total. The smallest absolute Gasteiger partial charge is 0.265 e. The number of oxime groups is 1. The number of ether oxygens (including phenoxy) is 1. The lowest BCUT2D eigenvalue weighted by Crippen LogP contribution is -2.39. The zero-order valence-electron chi connectivity index (χ0n) is 28.4. The molecule has 3 aliphatic heterocycles. The number of sulfone groups is 1. The monoisotopic (exact) mass is 735 g/mol. The molecule has 0 unspecified atom stereocenters. The second kappa shape index (κ2) is 13.4. The predicted molar refractivity (Wildman–Crippen MR) is 186 cm³/mol. The lowest BCUT2D eigenvalue weighted by Gasteiger charge is -2.28. The Labute approximate surface area is 296 Å². The van der Waals surface area contributed by atoms with E-state index in [2.05, 4.69) is 39.4 Å². The number of aromatic nitrogens is 4. The van der Waals surface area contributed by atoms with E-state index in [-0.39, 0.29) is 52.1 Å². The van der Waals surface area contributed by atoms with Gasteiger partial charge in [-0.05, 0) is 36.1 Å². The van der Waals surface area contributed by atoms with Crippen LogP contribution in [0.2, 0.25) is 0 Å². The zero-order valence-corrected chi connectivity index (χ0v) is 30.1. The fourth-order valence-corrected chi connectivity index (χ4v) is 7.78. The average Bonchev–Trinajstić information content (AvgIpc) is 3.85. The Bertz CT molecular complexity index is 2350. The first-order valence-corrected chi connectivity index (χ1v) is 18.3. The number of fused-ring (bicyclic) bond motifs is 2. The first kappa shape index (κ1) is 35.5. The number of ketones is 1. The fraction of sp³-hybridized carbons (Fsp3) is 0.353. The highest BCUT2D eigenvalue weighted by Crippen LogP contribution is 2.38. The van der Waals surface area contributed by atoms with Crippen LogP contribution >= 0.6 is 11.5 Å². The molecule has 2 aromatic heterocycles.